The van der Waals surface area contributed by atoms with E-state index in [4.69, 9.17) is 11.6 Å². The molecule has 3 rings (SSSR count). The molecule has 20 heavy (non-hydrogen) atoms. The van der Waals surface area contributed by atoms with Crippen LogP contribution < -0.4 is 0 Å². The molecule has 0 unspecified atom stereocenters. The summed E-state index contributed by atoms with van der Waals surface area (Å²) in [4.78, 5) is 0. The van der Waals surface area contributed by atoms with Crippen LogP contribution in [0.1, 0.15) is 43.2 Å². The molecule has 0 amide bonds. The lowest BCUT2D eigenvalue weighted by atomic mass is 9.65. The normalized spacial score (nSPS) is 17.9. The highest BCUT2D eigenvalue weighted by atomic mass is 79.9. The Kier molecular flexibility index (Phi) is 4.18. The van der Waals surface area contributed by atoms with Crippen LogP contribution in [0.5, 0.6) is 0 Å². The Morgan fingerprint density at radius 3 is 1.80 bits per heavy atom. The van der Waals surface area contributed by atoms with Gasteiger partial charge in [-0.3, -0.25) is 0 Å². The van der Waals surface area contributed by atoms with Crippen molar-refractivity contribution in [2.24, 2.45) is 0 Å². The lowest BCUT2D eigenvalue weighted by molar-refractivity contribution is 0.346. The van der Waals surface area contributed by atoms with E-state index in [2.05, 4.69) is 52.3 Å². The van der Waals surface area contributed by atoms with Crippen LogP contribution in [0.4, 0.5) is 0 Å². The fraction of sp³-hybridized carbons (Fsp3) is 0.333. The molecule has 1 saturated carbocycles. The van der Waals surface area contributed by atoms with E-state index in [1.54, 1.807) is 0 Å². The average molecular weight is 350 g/mol. The third-order valence-electron chi connectivity index (χ3n) is 4.50. The first-order valence-electron chi connectivity index (χ1n) is 7.23. The third-order valence-corrected chi connectivity index (χ3v) is 5.28. The molecule has 0 aromatic heterocycles. The third kappa shape index (κ3) is 2.66. The predicted molar refractivity (Wildman–Crippen MR) is 89.5 cm³/mol. The van der Waals surface area contributed by atoms with E-state index in [9.17, 15) is 0 Å². The Bertz CT molecular complexity index is 518. The Morgan fingerprint density at radius 1 is 0.750 bits per heavy atom. The van der Waals surface area contributed by atoms with Gasteiger partial charge in [0.25, 0.3) is 0 Å². The van der Waals surface area contributed by atoms with Gasteiger partial charge in [-0.15, -0.1) is 0 Å². The number of rotatable bonds is 2. The van der Waals surface area contributed by atoms with Crippen molar-refractivity contribution in [2.75, 3.05) is 0 Å². The first-order chi connectivity index (χ1) is 9.71. The van der Waals surface area contributed by atoms with E-state index in [-0.39, 0.29) is 5.41 Å². The smallest absolute Gasteiger partial charge is 0.0406 e. The van der Waals surface area contributed by atoms with Crippen LogP contribution in [0, 0.1) is 0 Å². The Morgan fingerprint density at radius 2 is 1.25 bits per heavy atom. The summed E-state index contributed by atoms with van der Waals surface area (Å²) in [5.74, 6) is 0. The van der Waals surface area contributed by atoms with E-state index < -0.39 is 0 Å². The van der Waals surface area contributed by atoms with Gasteiger partial charge in [0.2, 0.25) is 0 Å². The van der Waals surface area contributed by atoms with Gasteiger partial charge in [0, 0.05) is 14.9 Å². The molecule has 1 fully saturated rings. The van der Waals surface area contributed by atoms with Crippen LogP contribution in [-0.2, 0) is 5.41 Å². The molecule has 2 heteroatoms. The van der Waals surface area contributed by atoms with E-state index in [1.807, 2.05) is 12.1 Å². The fourth-order valence-corrected chi connectivity index (χ4v) is 3.83. The van der Waals surface area contributed by atoms with Crippen molar-refractivity contribution in [3.63, 3.8) is 0 Å². The van der Waals surface area contributed by atoms with Crippen LogP contribution in [0.25, 0.3) is 0 Å². The highest BCUT2D eigenvalue weighted by Crippen LogP contribution is 2.45. The van der Waals surface area contributed by atoms with Crippen molar-refractivity contribution in [3.05, 3.63) is 69.2 Å². The summed E-state index contributed by atoms with van der Waals surface area (Å²) < 4.78 is 1.14. The summed E-state index contributed by atoms with van der Waals surface area (Å²) in [6.07, 6.45) is 6.43. The van der Waals surface area contributed by atoms with Gasteiger partial charge in [-0.25, -0.2) is 0 Å². The highest BCUT2D eigenvalue weighted by molar-refractivity contribution is 9.10. The molecule has 0 saturated heterocycles. The molecule has 0 nitrogen and oxygen atoms in total. The van der Waals surface area contributed by atoms with Crippen LogP contribution in [0.15, 0.2) is 53.0 Å². The second-order valence-electron chi connectivity index (χ2n) is 5.66. The van der Waals surface area contributed by atoms with Crippen LogP contribution >= 0.6 is 27.5 Å². The van der Waals surface area contributed by atoms with Gasteiger partial charge in [-0.1, -0.05) is 71.1 Å². The highest BCUT2D eigenvalue weighted by Gasteiger charge is 2.35. The second-order valence-corrected chi connectivity index (χ2v) is 7.01. The first kappa shape index (κ1) is 14.2. The van der Waals surface area contributed by atoms with E-state index in [1.165, 1.54) is 43.2 Å². The Balaban J connectivity index is 2.08. The molecule has 1 aliphatic carbocycles. The lowest BCUT2D eigenvalue weighted by Gasteiger charge is -2.38. The van der Waals surface area contributed by atoms with Crippen molar-refractivity contribution >= 4 is 27.5 Å². The standard InChI is InChI=1S/C18H18BrCl/c19-16-8-4-14(5-9-16)18(12-2-1-3-13-18)15-6-10-17(20)11-7-15/h4-11H,1-3,12-13H2. The van der Waals surface area contributed by atoms with Crippen molar-refractivity contribution in [1.82, 2.24) is 0 Å². The van der Waals surface area contributed by atoms with Gasteiger partial charge < -0.3 is 0 Å². The molecule has 0 heterocycles. The van der Waals surface area contributed by atoms with Crippen molar-refractivity contribution in [1.29, 1.82) is 0 Å². The molecule has 2 aromatic carbocycles. The quantitative estimate of drug-likeness (QED) is 0.592. The van der Waals surface area contributed by atoms with Gasteiger partial charge >= 0.3 is 0 Å². The number of hydrogen-bond donors (Lipinski definition) is 0. The zero-order valence-electron chi connectivity index (χ0n) is 11.4. The maximum atomic E-state index is 6.06. The lowest BCUT2D eigenvalue weighted by Crippen LogP contribution is -2.30. The Labute approximate surface area is 134 Å². The number of hydrogen-bond acceptors (Lipinski definition) is 0. The molecule has 0 bridgehead atoms. The second kappa shape index (κ2) is 5.91. The van der Waals surface area contributed by atoms with E-state index in [0.717, 1.165) is 9.50 Å². The molecular weight excluding hydrogens is 332 g/mol. The van der Waals surface area contributed by atoms with Gasteiger partial charge in [0.1, 0.15) is 0 Å². The van der Waals surface area contributed by atoms with Crippen LogP contribution in [-0.4, -0.2) is 0 Å². The average Bonchev–Trinajstić information content (AvgIpc) is 2.49. The van der Waals surface area contributed by atoms with Crippen molar-refractivity contribution < 1.29 is 0 Å². The zero-order chi connectivity index (χ0) is 14.0. The van der Waals surface area contributed by atoms with Crippen LogP contribution in [0.3, 0.4) is 0 Å². The topological polar surface area (TPSA) is 0 Å². The maximum Gasteiger partial charge on any atom is 0.0406 e. The van der Waals surface area contributed by atoms with Gasteiger partial charge in [0.05, 0.1) is 0 Å². The SMILES string of the molecule is Clc1ccc(C2(c3ccc(Br)cc3)CCCCC2)cc1. The minimum Gasteiger partial charge on any atom is -0.0843 e. The molecule has 0 spiro atoms. The molecule has 0 N–H and O–H groups in total. The van der Waals surface area contributed by atoms with Crippen LogP contribution in [0.2, 0.25) is 5.02 Å². The summed E-state index contributed by atoms with van der Waals surface area (Å²) in [5, 5.41) is 0.815. The predicted octanol–water partition coefficient (Wildman–Crippen LogP) is 6.35. The summed E-state index contributed by atoms with van der Waals surface area (Å²) in [5.41, 5.74) is 3.01. The molecule has 104 valence electrons. The molecule has 0 radical (unpaired) electrons. The molecule has 0 aliphatic heterocycles. The van der Waals surface area contributed by atoms with E-state index >= 15 is 0 Å². The monoisotopic (exact) mass is 348 g/mol. The molecule has 2 aromatic rings. The van der Waals surface area contributed by atoms with Crippen molar-refractivity contribution in [2.45, 2.75) is 37.5 Å². The van der Waals surface area contributed by atoms with Crippen molar-refractivity contribution in [3.8, 4) is 0 Å². The molecular formula is C18H18BrCl. The number of halogens is 2. The summed E-state index contributed by atoms with van der Waals surface area (Å²) in [7, 11) is 0. The van der Waals surface area contributed by atoms with E-state index in [0.29, 0.717) is 0 Å². The summed E-state index contributed by atoms with van der Waals surface area (Å²) in [6, 6.07) is 17.3. The maximum absolute atomic E-state index is 6.06. The first-order valence-corrected chi connectivity index (χ1v) is 8.40. The summed E-state index contributed by atoms with van der Waals surface area (Å²) >= 11 is 9.59. The minimum absolute atomic E-state index is 0.170. The van der Waals surface area contributed by atoms with Gasteiger partial charge in [0.15, 0.2) is 0 Å². The minimum atomic E-state index is 0.170. The molecule has 0 atom stereocenters. The molecule has 1 aliphatic rings. The number of benzene rings is 2. The van der Waals surface area contributed by atoms with Gasteiger partial charge in [-0.2, -0.15) is 0 Å². The zero-order valence-corrected chi connectivity index (χ0v) is 13.8. The van der Waals surface area contributed by atoms with Gasteiger partial charge in [-0.05, 0) is 48.2 Å². The largest absolute Gasteiger partial charge is 0.0843 e. The Hall–Kier alpha value is -0.790. The summed E-state index contributed by atoms with van der Waals surface area (Å²) in [6.45, 7) is 0. The fourth-order valence-electron chi connectivity index (χ4n) is 3.44.